The number of hydrogen-bond acceptors (Lipinski definition) is 6. The minimum absolute atomic E-state index is 0.00887. The summed E-state index contributed by atoms with van der Waals surface area (Å²) in [6.07, 6.45) is 30.5. The number of carbonyl (C=O) groups is 1. The molecule has 3 atom stereocenters. The summed E-state index contributed by atoms with van der Waals surface area (Å²) in [6.45, 7) is 4.52. The summed E-state index contributed by atoms with van der Waals surface area (Å²) in [5.74, 6) is -0.221. The van der Waals surface area contributed by atoms with Gasteiger partial charge in [-0.25, -0.2) is 0 Å². The number of amides is 1. The number of phosphoric acid groups is 1. The molecule has 0 aromatic heterocycles. The van der Waals surface area contributed by atoms with Gasteiger partial charge in [0.15, 0.2) is 0 Å². The zero-order valence-electron chi connectivity index (χ0n) is 28.9. The minimum Gasteiger partial charge on any atom is -0.756 e. The fraction of sp³-hybridized carbons (Fsp3) is 0.800. The van der Waals surface area contributed by atoms with Crippen molar-refractivity contribution in [1.82, 2.24) is 5.32 Å². The Morgan fingerprint density at radius 2 is 1.27 bits per heavy atom. The van der Waals surface area contributed by atoms with Crippen molar-refractivity contribution in [3.63, 3.8) is 0 Å². The van der Waals surface area contributed by atoms with E-state index in [1.54, 1.807) is 6.08 Å². The molecule has 0 aliphatic carbocycles. The molecule has 0 heterocycles. The van der Waals surface area contributed by atoms with E-state index in [1.807, 2.05) is 27.2 Å². The monoisotopic (exact) mass is 642 g/mol. The number of rotatable bonds is 30. The fourth-order valence-electron chi connectivity index (χ4n) is 4.47. The fourth-order valence-corrected chi connectivity index (χ4v) is 5.20. The molecule has 3 unspecified atom stereocenters. The van der Waals surface area contributed by atoms with Crippen molar-refractivity contribution in [2.24, 2.45) is 0 Å². The molecule has 8 nitrogen and oxygen atoms in total. The van der Waals surface area contributed by atoms with Crippen molar-refractivity contribution < 1.29 is 32.9 Å². The Morgan fingerprint density at radius 3 is 1.84 bits per heavy atom. The maximum absolute atomic E-state index is 12.6. The van der Waals surface area contributed by atoms with Crippen LogP contribution in [0.3, 0.4) is 0 Å². The topological polar surface area (TPSA) is 108 Å². The van der Waals surface area contributed by atoms with Gasteiger partial charge in [-0.15, -0.1) is 0 Å². The van der Waals surface area contributed by atoms with Gasteiger partial charge in [-0.05, 0) is 44.9 Å². The molecule has 0 aromatic carbocycles. The van der Waals surface area contributed by atoms with Crippen molar-refractivity contribution in [2.45, 2.75) is 142 Å². The third kappa shape index (κ3) is 29.4. The molecule has 0 saturated carbocycles. The Morgan fingerprint density at radius 1 is 0.773 bits per heavy atom. The Hall–Kier alpha value is -1.28. The lowest BCUT2D eigenvalue weighted by Gasteiger charge is -2.29. The van der Waals surface area contributed by atoms with Crippen LogP contribution in [-0.4, -0.2) is 68.5 Å². The lowest BCUT2D eigenvalue weighted by molar-refractivity contribution is -0.870. The predicted octanol–water partition coefficient (Wildman–Crippen LogP) is 7.77. The smallest absolute Gasteiger partial charge is 0.268 e. The SMILES string of the molecule is CCCCCC/C=C/CC/C=C/CC/C=C/C(O)C(COP(=O)([O-])OCC[N+](C)(C)C)NC(=O)CCCCCCCCCC. The summed E-state index contributed by atoms with van der Waals surface area (Å²) in [6, 6.07) is -0.902. The van der Waals surface area contributed by atoms with E-state index in [4.69, 9.17) is 9.05 Å². The van der Waals surface area contributed by atoms with Crippen molar-refractivity contribution in [3.8, 4) is 0 Å². The lowest BCUT2D eigenvalue weighted by Crippen LogP contribution is -2.45. The summed E-state index contributed by atoms with van der Waals surface area (Å²) >= 11 is 0. The van der Waals surface area contributed by atoms with Crippen LogP contribution in [0, 0.1) is 0 Å². The molecule has 0 saturated heterocycles. The van der Waals surface area contributed by atoms with Crippen LogP contribution in [-0.2, 0) is 18.4 Å². The van der Waals surface area contributed by atoms with Crippen LogP contribution in [0.5, 0.6) is 0 Å². The van der Waals surface area contributed by atoms with Crippen molar-refractivity contribution >= 4 is 13.7 Å². The second kappa shape index (κ2) is 28.0. The van der Waals surface area contributed by atoms with Gasteiger partial charge in [0.05, 0.1) is 39.9 Å². The average Bonchev–Trinajstić information content (AvgIpc) is 2.95. The molecule has 0 aliphatic rings. The highest BCUT2D eigenvalue weighted by Crippen LogP contribution is 2.38. The van der Waals surface area contributed by atoms with Crippen molar-refractivity contribution in [1.29, 1.82) is 0 Å². The number of quaternary nitrogens is 1. The quantitative estimate of drug-likeness (QED) is 0.0359. The van der Waals surface area contributed by atoms with Crippen LogP contribution in [0.4, 0.5) is 0 Å². The highest BCUT2D eigenvalue weighted by molar-refractivity contribution is 7.45. The number of nitrogens with zero attached hydrogens (tertiary/aromatic N) is 1. The van der Waals surface area contributed by atoms with Crippen molar-refractivity contribution in [3.05, 3.63) is 36.5 Å². The first-order valence-electron chi connectivity index (χ1n) is 17.4. The van der Waals surface area contributed by atoms with E-state index in [0.29, 0.717) is 17.4 Å². The molecule has 0 bridgehead atoms. The molecule has 44 heavy (non-hydrogen) atoms. The summed E-state index contributed by atoms with van der Waals surface area (Å²) in [5.41, 5.74) is 0. The zero-order valence-corrected chi connectivity index (χ0v) is 29.7. The average molecular weight is 643 g/mol. The summed E-state index contributed by atoms with van der Waals surface area (Å²) in [4.78, 5) is 25.0. The largest absolute Gasteiger partial charge is 0.756 e. The molecular weight excluding hydrogens is 575 g/mol. The molecular formula is C35H67N2O6P. The molecule has 0 spiro atoms. The maximum Gasteiger partial charge on any atom is 0.268 e. The number of carbonyl (C=O) groups excluding carboxylic acids is 1. The first-order valence-corrected chi connectivity index (χ1v) is 18.8. The highest BCUT2D eigenvalue weighted by atomic mass is 31.2. The van der Waals surface area contributed by atoms with Crippen LogP contribution in [0.1, 0.15) is 129 Å². The van der Waals surface area contributed by atoms with Gasteiger partial charge >= 0.3 is 0 Å². The van der Waals surface area contributed by atoms with Crippen LogP contribution in [0.2, 0.25) is 0 Å². The Balaban J connectivity index is 4.69. The standard InChI is InChI=1S/C35H67N2O6P/c1-6-8-10-12-14-16-17-18-19-20-21-22-24-26-28-34(38)33(32-43-44(40,41)42-31-30-37(3,4)5)36-35(39)29-27-25-23-15-13-11-9-7-2/h16-17,20-21,26,28,33-34,38H,6-15,18-19,22-25,27,29-32H2,1-5H3,(H-,36,39,40,41)/b17-16+,21-20+,28-26+. The van der Waals surface area contributed by atoms with E-state index in [2.05, 4.69) is 43.5 Å². The van der Waals surface area contributed by atoms with Gasteiger partial charge in [0.2, 0.25) is 5.91 Å². The third-order valence-corrected chi connectivity index (χ3v) is 8.29. The van der Waals surface area contributed by atoms with E-state index in [1.165, 1.54) is 64.2 Å². The van der Waals surface area contributed by atoms with E-state index < -0.39 is 26.6 Å². The van der Waals surface area contributed by atoms with Gasteiger partial charge in [-0.1, -0.05) is 115 Å². The molecule has 0 radical (unpaired) electrons. The number of likely N-dealkylation sites (N-methyl/N-ethyl adjacent to an activating group) is 1. The van der Waals surface area contributed by atoms with Crippen molar-refractivity contribution in [2.75, 3.05) is 40.9 Å². The lowest BCUT2D eigenvalue weighted by atomic mass is 10.1. The number of aliphatic hydroxyl groups excluding tert-OH is 1. The molecule has 0 aromatic rings. The molecule has 258 valence electrons. The Kier molecular flexibility index (Phi) is 27.2. The van der Waals surface area contributed by atoms with Gasteiger partial charge in [0, 0.05) is 6.42 Å². The molecule has 9 heteroatoms. The minimum atomic E-state index is -4.58. The summed E-state index contributed by atoms with van der Waals surface area (Å²) < 4.78 is 22.9. The van der Waals surface area contributed by atoms with Gasteiger partial charge in [-0.2, -0.15) is 0 Å². The molecule has 1 amide bonds. The van der Waals surface area contributed by atoms with Gasteiger partial charge < -0.3 is 28.8 Å². The van der Waals surface area contributed by atoms with E-state index >= 15 is 0 Å². The van der Waals surface area contributed by atoms with Crippen LogP contribution < -0.4 is 10.2 Å². The van der Waals surface area contributed by atoms with Crippen LogP contribution in [0.15, 0.2) is 36.5 Å². The van der Waals surface area contributed by atoms with Crippen LogP contribution >= 0.6 is 7.82 Å². The number of aliphatic hydroxyl groups is 1. The molecule has 2 N–H and O–H groups in total. The van der Waals surface area contributed by atoms with Gasteiger partial charge in [-0.3, -0.25) is 9.36 Å². The van der Waals surface area contributed by atoms with E-state index in [-0.39, 0.29) is 12.5 Å². The Labute approximate surface area is 270 Å². The first kappa shape index (κ1) is 42.7. The van der Waals surface area contributed by atoms with Gasteiger partial charge in [0.1, 0.15) is 13.2 Å². The third-order valence-electron chi connectivity index (χ3n) is 7.33. The van der Waals surface area contributed by atoms with E-state index in [0.717, 1.165) is 44.9 Å². The molecule has 0 fully saturated rings. The molecule has 0 aliphatic heterocycles. The second-order valence-corrected chi connectivity index (χ2v) is 14.3. The second-order valence-electron chi connectivity index (χ2n) is 12.9. The van der Waals surface area contributed by atoms with Crippen LogP contribution in [0.25, 0.3) is 0 Å². The first-order chi connectivity index (χ1) is 21.0. The highest BCUT2D eigenvalue weighted by Gasteiger charge is 2.23. The predicted molar refractivity (Wildman–Crippen MR) is 182 cm³/mol. The zero-order chi connectivity index (χ0) is 32.9. The maximum atomic E-state index is 12.6. The Bertz CT molecular complexity index is 825. The van der Waals surface area contributed by atoms with Gasteiger partial charge in [0.25, 0.3) is 7.82 Å². The molecule has 0 rings (SSSR count). The number of allylic oxidation sites excluding steroid dienone is 5. The number of unbranched alkanes of at least 4 members (excludes halogenated alkanes) is 13. The summed E-state index contributed by atoms with van der Waals surface area (Å²) in [5, 5.41) is 13.6. The number of nitrogens with one attached hydrogen (secondary N) is 1. The summed E-state index contributed by atoms with van der Waals surface area (Å²) in [7, 11) is 1.23. The number of phosphoric ester groups is 1. The van der Waals surface area contributed by atoms with E-state index in [9.17, 15) is 19.4 Å². The normalized spacial score (nSPS) is 15.3. The number of hydrogen-bond donors (Lipinski definition) is 2.